The number of aromatic hydroxyl groups is 1. The summed E-state index contributed by atoms with van der Waals surface area (Å²) in [5.41, 5.74) is -0.278. The molecule has 0 radical (unpaired) electrons. The highest BCUT2D eigenvalue weighted by Gasteiger charge is 2.22. The van der Waals surface area contributed by atoms with Crippen molar-refractivity contribution in [2.75, 3.05) is 11.6 Å². The lowest BCUT2D eigenvalue weighted by Gasteiger charge is -2.14. The fourth-order valence-electron chi connectivity index (χ4n) is 2.64. The molecular weight excluding hydrogens is 395 g/mol. The summed E-state index contributed by atoms with van der Waals surface area (Å²) in [5.74, 6) is -1.16. The van der Waals surface area contributed by atoms with Gasteiger partial charge in [-0.25, -0.2) is 0 Å². The van der Waals surface area contributed by atoms with Crippen molar-refractivity contribution in [3.63, 3.8) is 0 Å². The van der Waals surface area contributed by atoms with E-state index < -0.39 is 11.5 Å². The summed E-state index contributed by atoms with van der Waals surface area (Å²) in [6, 6.07) is 10.1. The zero-order valence-corrected chi connectivity index (χ0v) is 16.2. The lowest BCUT2D eigenvalue weighted by atomic mass is 10.1. The van der Waals surface area contributed by atoms with Gasteiger partial charge < -0.3 is 15.0 Å². The second-order valence-electron chi connectivity index (χ2n) is 5.52. The van der Waals surface area contributed by atoms with Gasteiger partial charge in [-0.15, -0.1) is 11.8 Å². The van der Waals surface area contributed by atoms with Crippen molar-refractivity contribution in [1.29, 1.82) is 0 Å². The van der Waals surface area contributed by atoms with E-state index in [0.717, 1.165) is 4.90 Å². The van der Waals surface area contributed by atoms with E-state index in [1.165, 1.54) is 16.3 Å². The van der Waals surface area contributed by atoms with Crippen molar-refractivity contribution >= 4 is 57.5 Å². The number of carbonyl (C=O) groups excluding carboxylic acids is 1. The smallest absolute Gasteiger partial charge is 0.267 e. The van der Waals surface area contributed by atoms with Gasteiger partial charge in [-0.1, -0.05) is 29.3 Å². The summed E-state index contributed by atoms with van der Waals surface area (Å²) in [4.78, 5) is 26.2. The molecule has 134 valence electrons. The minimum absolute atomic E-state index is 0.181. The molecule has 2 N–H and O–H groups in total. The van der Waals surface area contributed by atoms with Crippen molar-refractivity contribution in [3.05, 3.63) is 62.4 Å². The van der Waals surface area contributed by atoms with Crippen LogP contribution >= 0.6 is 35.0 Å². The number of halogens is 2. The lowest BCUT2D eigenvalue weighted by Crippen LogP contribution is -2.28. The molecular formula is C18H14Cl2N2O3S. The first-order valence-corrected chi connectivity index (χ1v) is 9.48. The largest absolute Gasteiger partial charge is 0.506 e. The number of anilines is 1. The minimum atomic E-state index is -0.783. The van der Waals surface area contributed by atoms with Crippen LogP contribution in [0.3, 0.4) is 0 Å². The van der Waals surface area contributed by atoms with Gasteiger partial charge in [-0.05, 0) is 36.6 Å². The first kappa shape index (κ1) is 18.6. The van der Waals surface area contributed by atoms with Crippen LogP contribution in [0.1, 0.15) is 10.4 Å². The number of nitrogens with zero attached hydrogens (tertiary/aromatic N) is 1. The van der Waals surface area contributed by atoms with Crippen molar-refractivity contribution in [1.82, 2.24) is 4.57 Å². The number of carbonyl (C=O) groups is 1. The van der Waals surface area contributed by atoms with Gasteiger partial charge >= 0.3 is 0 Å². The molecule has 0 aliphatic carbocycles. The topological polar surface area (TPSA) is 71.3 Å². The summed E-state index contributed by atoms with van der Waals surface area (Å²) in [5, 5.41) is 14.0. The van der Waals surface area contributed by atoms with Crippen molar-refractivity contribution < 1.29 is 9.90 Å². The van der Waals surface area contributed by atoms with E-state index in [-0.39, 0.29) is 27.0 Å². The van der Waals surface area contributed by atoms with Gasteiger partial charge in [0.25, 0.3) is 11.5 Å². The van der Waals surface area contributed by atoms with Gasteiger partial charge in [0.15, 0.2) is 0 Å². The first-order valence-electron chi connectivity index (χ1n) is 7.50. The predicted molar refractivity (Wildman–Crippen MR) is 107 cm³/mol. The van der Waals surface area contributed by atoms with Crippen LogP contribution in [-0.4, -0.2) is 21.8 Å². The number of benzene rings is 2. The van der Waals surface area contributed by atoms with Crippen LogP contribution in [0.15, 0.2) is 46.1 Å². The average molecular weight is 409 g/mol. The van der Waals surface area contributed by atoms with Crippen LogP contribution in [0.5, 0.6) is 5.75 Å². The molecule has 0 unspecified atom stereocenters. The van der Waals surface area contributed by atoms with Crippen molar-refractivity contribution in [3.8, 4) is 5.75 Å². The molecule has 0 bridgehead atoms. The monoisotopic (exact) mass is 408 g/mol. The second kappa shape index (κ2) is 7.23. The molecule has 0 atom stereocenters. The normalized spacial score (nSPS) is 10.9. The van der Waals surface area contributed by atoms with Crippen LogP contribution in [0.4, 0.5) is 5.69 Å². The van der Waals surface area contributed by atoms with Gasteiger partial charge in [-0.2, -0.15) is 0 Å². The molecule has 3 aromatic rings. The Bertz CT molecular complexity index is 1080. The number of para-hydroxylation sites is 1. The molecule has 0 spiro atoms. The van der Waals surface area contributed by atoms with E-state index in [0.29, 0.717) is 10.9 Å². The number of amides is 1. The first-order chi connectivity index (χ1) is 12.3. The number of hydrogen-bond donors (Lipinski definition) is 2. The van der Waals surface area contributed by atoms with Crippen molar-refractivity contribution in [2.45, 2.75) is 4.90 Å². The Kier molecular flexibility index (Phi) is 5.18. The second-order valence-corrected chi connectivity index (χ2v) is 7.22. The number of fused-ring (bicyclic) bond motifs is 1. The number of hydrogen-bond acceptors (Lipinski definition) is 4. The molecule has 2 aromatic carbocycles. The van der Waals surface area contributed by atoms with E-state index in [4.69, 9.17) is 23.2 Å². The summed E-state index contributed by atoms with van der Waals surface area (Å²) in [6.45, 7) is 0. The Morgan fingerprint density at radius 2 is 1.85 bits per heavy atom. The van der Waals surface area contributed by atoms with Gasteiger partial charge in [0, 0.05) is 17.3 Å². The van der Waals surface area contributed by atoms with Crippen molar-refractivity contribution in [2.24, 2.45) is 7.05 Å². The number of pyridine rings is 1. The molecule has 0 aliphatic rings. The third-order valence-electron chi connectivity index (χ3n) is 4.00. The molecule has 1 heterocycles. The van der Waals surface area contributed by atoms with E-state index in [2.05, 4.69) is 5.32 Å². The number of nitrogens with one attached hydrogen (secondary N) is 1. The third-order valence-corrected chi connectivity index (χ3v) is 5.36. The lowest BCUT2D eigenvalue weighted by molar-refractivity contribution is 0.102. The van der Waals surface area contributed by atoms with E-state index in [9.17, 15) is 14.7 Å². The molecule has 0 aliphatic heterocycles. The maximum atomic E-state index is 12.7. The fourth-order valence-corrected chi connectivity index (χ4v) is 3.57. The predicted octanol–water partition coefficient (Wildman–Crippen LogP) is 4.53. The van der Waals surface area contributed by atoms with E-state index in [1.54, 1.807) is 37.4 Å². The molecule has 0 saturated heterocycles. The molecule has 0 saturated carbocycles. The van der Waals surface area contributed by atoms with Crippen LogP contribution in [0.25, 0.3) is 10.9 Å². The summed E-state index contributed by atoms with van der Waals surface area (Å²) in [6.07, 6.45) is 1.90. The molecule has 3 rings (SSSR count). The van der Waals surface area contributed by atoms with Crippen LogP contribution in [0, 0.1) is 0 Å². The zero-order chi connectivity index (χ0) is 19.0. The maximum absolute atomic E-state index is 12.7. The zero-order valence-electron chi connectivity index (χ0n) is 13.8. The van der Waals surface area contributed by atoms with Crippen LogP contribution in [0.2, 0.25) is 10.0 Å². The molecule has 1 amide bonds. The summed E-state index contributed by atoms with van der Waals surface area (Å²) < 4.78 is 1.32. The van der Waals surface area contributed by atoms with Gasteiger partial charge in [0.2, 0.25) is 0 Å². The van der Waals surface area contributed by atoms with Gasteiger partial charge in [-0.3, -0.25) is 9.59 Å². The third kappa shape index (κ3) is 3.16. The Balaban J connectivity index is 2.18. The number of aromatic nitrogens is 1. The van der Waals surface area contributed by atoms with Crippen LogP contribution in [-0.2, 0) is 7.05 Å². The number of thioether (sulfide) groups is 1. The molecule has 5 nitrogen and oxygen atoms in total. The number of aryl methyl sites for hydroxylation is 1. The number of rotatable bonds is 3. The van der Waals surface area contributed by atoms with Crippen LogP contribution < -0.4 is 10.9 Å². The Hall–Kier alpha value is -2.15. The Morgan fingerprint density at radius 1 is 1.19 bits per heavy atom. The molecule has 1 aromatic heterocycles. The van der Waals surface area contributed by atoms with E-state index >= 15 is 0 Å². The SMILES string of the molecule is CSc1ccc2c(c1)c(O)c(C(=O)Nc1c(Cl)cccc1Cl)c(=O)n2C. The van der Waals surface area contributed by atoms with Gasteiger partial charge in [0.05, 0.1) is 21.2 Å². The summed E-state index contributed by atoms with van der Waals surface area (Å²) >= 11 is 13.6. The average Bonchev–Trinajstić information content (AvgIpc) is 2.62. The molecule has 8 heteroatoms. The Labute approximate surface area is 163 Å². The highest BCUT2D eigenvalue weighted by molar-refractivity contribution is 7.98. The standard InChI is InChI=1S/C18H14Cl2N2O3S/c1-22-13-7-6-9(26-2)8-10(13)16(23)14(18(22)25)17(24)21-15-11(19)4-3-5-12(15)20/h3-8,23H,1-2H3,(H,21,24). The highest BCUT2D eigenvalue weighted by atomic mass is 35.5. The minimum Gasteiger partial charge on any atom is -0.506 e. The van der Waals surface area contributed by atoms with Gasteiger partial charge in [0.1, 0.15) is 11.3 Å². The fraction of sp³-hybridized carbons (Fsp3) is 0.111. The van der Waals surface area contributed by atoms with E-state index in [1.807, 2.05) is 12.3 Å². The highest BCUT2D eigenvalue weighted by Crippen LogP contribution is 2.33. The maximum Gasteiger partial charge on any atom is 0.267 e. The Morgan fingerprint density at radius 3 is 2.46 bits per heavy atom. The summed E-state index contributed by atoms with van der Waals surface area (Å²) in [7, 11) is 1.54. The molecule has 26 heavy (non-hydrogen) atoms. The quantitative estimate of drug-likeness (QED) is 0.624. The molecule has 0 fully saturated rings.